The molecule has 3 unspecified atom stereocenters. The molecule has 3 atom stereocenters. The first-order valence-electron chi connectivity index (χ1n) is 9.08. The van der Waals surface area contributed by atoms with Crippen LogP contribution >= 0.6 is 11.3 Å². The minimum Gasteiger partial charge on any atom is -0.496 e. The standard InChI is InChI=1S/C20H22N2O4S/c1-26-16-4-2-3-14(19(24)25)13(16)7-8-17-18(23)22-20(27-17)21-15-10-11-5-6-12(15)9-11/h2-6,11-12,15,23H,7-10H2,1H3,(H,21,22)(H,24,25). The number of fused-ring (bicyclic) bond motifs is 2. The van der Waals surface area contributed by atoms with Crippen LogP contribution in [0.5, 0.6) is 11.6 Å². The first kappa shape index (κ1) is 17.9. The van der Waals surface area contributed by atoms with Crippen LogP contribution in [0, 0.1) is 11.8 Å². The van der Waals surface area contributed by atoms with Gasteiger partial charge >= 0.3 is 5.97 Å². The minimum atomic E-state index is -0.982. The van der Waals surface area contributed by atoms with E-state index in [4.69, 9.17) is 4.74 Å². The Labute approximate surface area is 161 Å². The summed E-state index contributed by atoms with van der Waals surface area (Å²) in [5, 5.41) is 23.8. The van der Waals surface area contributed by atoms with Gasteiger partial charge in [-0.25, -0.2) is 4.79 Å². The van der Waals surface area contributed by atoms with Gasteiger partial charge in [-0.1, -0.05) is 29.6 Å². The summed E-state index contributed by atoms with van der Waals surface area (Å²) < 4.78 is 5.32. The number of aryl methyl sites for hydroxylation is 1. The van der Waals surface area contributed by atoms with Crippen LogP contribution in [-0.2, 0) is 12.8 Å². The van der Waals surface area contributed by atoms with Gasteiger partial charge in [0.1, 0.15) is 5.75 Å². The molecular weight excluding hydrogens is 364 g/mol. The fourth-order valence-corrected chi connectivity index (χ4v) is 5.04. The van der Waals surface area contributed by atoms with Crippen molar-refractivity contribution in [1.82, 2.24) is 4.98 Å². The lowest BCUT2D eigenvalue weighted by molar-refractivity contribution is 0.0695. The summed E-state index contributed by atoms with van der Waals surface area (Å²) in [5.74, 6) is 0.805. The number of nitrogens with zero attached hydrogens (tertiary/aromatic N) is 1. The zero-order valence-electron chi connectivity index (χ0n) is 15.0. The third kappa shape index (κ3) is 3.51. The highest BCUT2D eigenvalue weighted by atomic mass is 32.1. The van der Waals surface area contributed by atoms with Crippen LogP contribution < -0.4 is 10.1 Å². The number of benzene rings is 1. The normalized spacial score (nSPS) is 22.9. The number of carbonyl (C=O) groups is 1. The number of aromatic nitrogens is 1. The molecule has 1 aromatic heterocycles. The summed E-state index contributed by atoms with van der Waals surface area (Å²) >= 11 is 1.44. The molecule has 6 nitrogen and oxygen atoms in total. The van der Waals surface area contributed by atoms with E-state index in [1.807, 2.05) is 0 Å². The molecule has 3 N–H and O–H groups in total. The third-order valence-electron chi connectivity index (χ3n) is 5.45. The molecule has 1 heterocycles. The average Bonchev–Trinajstić information content (AvgIpc) is 3.35. The van der Waals surface area contributed by atoms with Crippen molar-refractivity contribution in [3.05, 3.63) is 46.4 Å². The van der Waals surface area contributed by atoms with Crippen LogP contribution in [-0.4, -0.2) is 34.3 Å². The van der Waals surface area contributed by atoms with Crippen LogP contribution in [0.25, 0.3) is 0 Å². The fourth-order valence-electron chi connectivity index (χ4n) is 4.13. The molecule has 0 aliphatic heterocycles. The van der Waals surface area contributed by atoms with Crippen molar-refractivity contribution in [1.29, 1.82) is 0 Å². The Morgan fingerprint density at radius 3 is 2.85 bits per heavy atom. The van der Waals surface area contributed by atoms with E-state index in [1.54, 1.807) is 18.2 Å². The number of aromatic hydroxyl groups is 1. The Morgan fingerprint density at radius 1 is 1.33 bits per heavy atom. The van der Waals surface area contributed by atoms with Crippen molar-refractivity contribution in [2.75, 3.05) is 12.4 Å². The Balaban J connectivity index is 1.47. The minimum absolute atomic E-state index is 0.0213. The molecular formula is C20H22N2O4S. The first-order chi connectivity index (χ1) is 13.0. The zero-order valence-corrected chi connectivity index (χ0v) is 15.8. The Bertz CT molecular complexity index is 892. The molecule has 2 aliphatic rings. The van der Waals surface area contributed by atoms with Gasteiger partial charge in [-0.3, -0.25) is 0 Å². The fraction of sp³-hybridized carbons (Fsp3) is 0.400. The van der Waals surface area contributed by atoms with Crippen LogP contribution in [0.2, 0.25) is 0 Å². The lowest BCUT2D eigenvalue weighted by Gasteiger charge is -2.18. The molecule has 2 aromatic rings. The predicted octanol–water partition coefficient (Wildman–Crippen LogP) is 3.72. The predicted molar refractivity (Wildman–Crippen MR) is 104 cm³/mol. The average molecular weight is 386 g/mol. The van der Waals surface area contributed by atoms with Crippen molar-refractivity contribution >= 4 is 22.4 Å². The maximum Gasteiger partial charge on any atom is 0.336 e. The van der Waals surface area contributed by atoms with Crippen LogP contribution in [0.4, 0.5) is 5.13 Å². The molecule has 2 bridgehead atoms. The smallest absolute Gasteiger partial charge is 0.336 e. The van der Waals surface area contributed by atoms with Crippen LogP contribution in [0.15, 0.2) is 30.4 Å². The molecule has 0 spiro atoms. The Morgan fingerprint density at radius 2 is 2.19 bits per heavy atom. The number of thiazole rings is 1. The summed E-state index contributed by atoms with van der Waals surface area (Å²) in [5.41, 5.74) is 0.860. The lowest BCUT2D eigenvalue weighted by atomic mass is 10.0. The second kappa shape index (κ2) is 7.23. The number of nitrogens with one attached hydrogen (secondary N) is 1. The molecule has 1 saturated carbocycles. The van der Waals surface area contributed by atoms with E-state index in [0.717, 1.165) is 16.4 Å². The molecule has 1 aromatic carbocycles. The third-order valence-corrected chi connectivity index (χ3v) is 6.49. The number of carboxylic acid groups (broad SMARTS) is 1. The number of methoxy groups -OCH3 is 1. The summed E-state index contributed by atoms with van der Waals surface area (Å²) in [4.78, 5) is 16.5. The van der Waals surface area contributed by atoms with Gasteiger partial charge in [0.2, 0.25) is 5.88 Å². The van der Waals surface area contributed by atoms with Crippen molar-refractivity contribution < 1.29 is 19.7 Å². The van der Waals surface area contributed by atoms with Crippen molar-refractivity contribution in [2.45, 2.75) is 31.7 Å². The molecule has 2 aliphatic carbocycles. The number of ether oxygens (including phenoxy) is 1. The second-order valence-corrected chi connectivity index (χ2v) is 8.17. The number of allylic oxidation sites excluding steroid dienone is 1. The lowest BCUT2D eigenvalue weighted by Crippen LogP contribution is -2.23. The van der Waals surface area contributed by atoms with Gasteiger partial charge in [0.15, 0.2) is 5.13 Å². The molecule has 7 heteroatoms. The maximum atomic E-state index is 11.5. The molecule has 4 rings (SSSR count). The summed E-state index contributed by atoms with van der Waals surface area (Å²) in [7, 11) is 1.53. The van der Waals surface area contributed by atoms with E-state index in [0.29, 0.717) is 42.0 Å². The van der Waals surface area contributed by atoms with Crippen molar-refractivity contribution in [3.63, 3.8) is 0 Å². The van der Waals surface area contributed by atoms with E-state index in [9.17, 15) is 15.0 Å². The summed E-state index contributed by atoms with van der Waals surface area (Å²) in [6, 6.07) is 5.37. The van der Waals surface area contributed by atoms with E-state index < -0.39 is 5.97 Å². The highest BCUT2D eigenvalue weighted by Gasteiger charge is 2.36. The highest BCUT2D eigenvalue weighted by molar-refractivity contribution is 7.15. The summed E-state index contributed by atoms with van der Waals surface area (Å²) in [6.07, 6.45) is 7.84. The van der Waals surface area contributed by atoms with E-state index in [2.05, 4.69) is 22.5 Å². The van der Waals surface area contributed by atoms with Gasteiger partial charge in [0.05, 0.1) is 17.6 Å². The number of hydrogen-bond donors (Lipinski definition) is 3. The first-order valence-corrected chi connectivity index (χ1v) is 9.89. The van der Waals surface area contributed by atoms with E-state index in [-0.39, 0.29) is 11.4 Å². The van der Waals surface area contributed by atoms with Gasteiger partial charge < -0.3 is 20.3 Å². The Kier molecular flexibility index (Phi) is 4.78. The van der Waals surface area contributed by atoms with Crippen LogP contribution in [0.3, 0.4) is 0 Å². The van der Waals surface area contributed by atoms with Gasteiger partial charge in [0.25, 0.3) is 0 Å². The molecule has 0 saturated heterocycles. The second-order valence-electron chi connectivity index (χ2n) is 7.09. The number of carboxylic acids is 1. The SMILES string of the molecule is COc1cccc(C(=O)O)c1CCc1sc(NC2CC3C=CC2C3)nc1O. The maximum absolute atomic E-state index is 11.5. The quantitative estimate of drug-likeness (QED) is 0.628. The molecule has 0 amide bonds. The van der Waals surface area contributed by atoms with Gasteiger partial charge in [-0.2, -0.15) is 4.98 Å². The van der Waals surface area contributed by atoms with Crippen LogP contribution in [0.1, 0.15) is 33.6 Å². The molecule has 0 radical (unpaired) electrons. The van der Waals surface area contributed by atoms with E-state index >= 15 is 0 Å². The van der Waals surface area contributed by atoms with Gasteiger partial charge in [-0.05, 0) is 49.7 Å². The number of anilines is 1. The zero-order chi connectivity index (χ0) is 19.0. The monoisotopic (exact) mass is 386 g/mol. The topological polar surface area (TPSA) is 91.7 Å². The van der Waals surface area contributed by atoms with E-state index in [1.165, 1.54) is 24.9 Å². The van der Waals surface area contributed by atoms with Crippen molar-refractivity contribution in [2.24, 2.45) is 11.8 Å². The molecule has 1 fully saturated rings. The Hall–Kier alpha value is -2.54. The largest absolute Gasteiger partial charge is 0.496 e. The highest BCUT2D eigenvalue weighted by Crippen LogP contribution is 2.41. The number of rotatable bonds is 7. The van der Waals surface area contributed by atoms with Gasteiger partial charge in [-0.15, -0.1) is 0 Å². The van der Waals surface area contributed by atoms with Crippen molar-refractivity contribution in [3.8, 4) is 11.6 Å². The summed E-state index contributed by atoms with van der Waals surface area (Å²) in [6.45, 7) is 0. The number of hydrogen-bond acceptors (Lipinski definition) is 6. The number of aromatic carboxylic acids is 1. The molecule has 142 valence electrons. The van der Waals surface area contributed by atoms with Gasteiger partial charge in [0, 0.05) is 11.6 Å². The molecule has 27 heavy (non-hydrogen) atoms.